The number of ether oxygens (including phenoxy) is 5. The molecule has 1 fully saturated rings. The molecule has 1 aliphatic heterocycles. The first-order chi connectivity index (χ1) is 27.3. The van der Waals surface area contributed by atoms with Crippen LogP contribution < -0.4 is 0 Å². The minimum Gasteiger partial charge on any atom is -0.463 e. The van der Waals surface area contributed by atoms with Crippen molar-refractivity contribution in [1.82, 2.24) is 0 Å². The molecule has 0 bridgehead atoms. The summed E-state index contributed by atoms with van der Waals surface area (Å²) in [5, 5.41) is 11.2. The van der Waals surface area contributed by atoms with Crippen molar-refractivity contribution in [2.75, 3.05) is 6.61 Å². The van der Waals surface area contributed by atoms with E-state index < -0.39 is 54.6 Å². The SMILES string of the molecule is CCCCCCCCCC(=O)OC[C@H]1O[C@H](O)[C@H](OC(=O)CCCCCCCCC)[C@@H](OC(=O)CCCCCCCCC)[C@@H]1OC(=O)CCCCCCCCC. The van der Waals surface area contributed by atoms with Crippen LogP contribution >= 0.6 is 0 Å². The fraction of sp³-hybridized carbons (Fsp3) is 0.913. The Balaban J connectivity index is 3.07. The van der Waals surface area contributed by atoms with Gasteiger partial charge >= 0.3 is 23.9 Å². The zero-order valence-corrected chi connectivity index (χ0v) is 36.3. The molecule has 10 heteroatoms. The zero-order valence-electron chi connectivity index (χ0n) is 36.3. The summed E-state index contributed by atoms with van der Waals surface area (Å²) in [6.07, 6.45) is 22.8. The van der Waals surface area contributed by atoms with Gasteiger partial charge in [-0.05, 0) is 25.7 Å². The third kappa shape index (κ3) is 26.7. The second-order valence-corrected chi connectivity index (χ2v) is 16.1. The lowest BCUT2D eigenvalue weighted by Gasteiger charge is -2.43. The van der Waals surface area contributed by atoms with Crippen LogP contribution in [0.15, 0.2) is 0 Å². The predicted molar refractivity (Wildman–Crippen MR) is 222 cm³/mol. The van der Waals surface area contributed by atoms with E-state index in [0.29, 0.717) is 25.7 Å². The van der Waals surface area contributed by atoms with Gasteiger partial charge in [-0.3, -0.25) is 19.2 Å². The van der Waals surface area contributed by atoms with Gasteiger partial charge in [0, 0.05) is 25.7 Å². The van der Waals surface area contributed by atoms with Gasteiger partial charge in [-0.25, -0.2) is 0 Å². The molecule has 1 saturated heterocycles. The number of hydrogen-bond acceptors (Lipinski definition) is 10. The molecular formula is C46H84O10. The number of carbonyl (C=O) groups excluding carboxylic acids is 4. The third-order valence-corrected chi connectivity index (χ3v) is 10.8. The maximum absolute atomic E-state index is 13.3. The van der Waals surface area contributed by atoms with Crippen LogP contribution in [0.1, 0.15) is 233 Å². The van der Waals surface area contributed by atoms with E-state index in [0.717, 1.165) is 83.5 Å². The van der Waals surface area contributed by atoms with E-state index in [2.05, 4.69) is 27.7 Å². The van der Waals surface area contributed by atoms with Crippen molar-refractivity contribution in [3.63, 3.8) is 0 Å². The summed E-state index contributed by atoms with van der Waals surface area (Å²) in [5.74, 6) is -2.01. The smallest absolute Gasteiger partial charge is 0.306 e. The van der Waals surface area contributed by atoms with E-state index in [1.807, 2.05) is 0 Å². The molecule has 1 N–H and O–H groups in total. The highest BCUT2D eigenvalue weighted by Crippen LogP contribution is 2.30. The molecule has 56 heavy (non-hydrogen) atoms. The van der Waals surface area contributed by atoms with Crippen LogP contribution in [0.5, 0.6) is 0 Å². The summed E-state index contributed by atoms with van der Waals surface area (Å²) in [4.78, 5) is 52.6. The van der Waals surface area contributed by atoms with Gasteiger partial charge in [-0.2, -0.15) is 0 Å². The molecule has 0 amide bonds. The Morgan fingerprint density at radius 1 is 0.393 bits per heavy atom. The molecule has 1 rings (SSSR count). The summed E-state index contributed by atoms with van der Waals surface area (Å²) in [6, 6.07) is 0. The summed E-state index contributed by atoms with van der Waals surface area (Å²) in [5.41, 5.74) is 0. The highest BCUT2D eigenvalue weighted by molar-refractivity contribution is 5.72. The second kappa shape index (κ2) is 35.9. The van der Waals surface area contributed by atoms with Crippen LogP contribution in [-0.2, 0) is 42.9 Å². The van der Waals surface area contributed by atoms with Gasteiger partial charge in [-0.1, -0.05) is 182 Å². The van der Waals surface area contributed by atoms with Crippen LogP contribution in [0, 0.1) is 0 Å². The monoisotopic (exact) mass is 797 g/mol. The van der Waals surface area contributed by atoms with Gasteiger partial charge in [0.25, 0.3) is 0 Å². The lowest BCUT2D eigenvalue weighted by molar-refractivity contribution is -0.297. The van der Waals surface area contributed by atoms with Crippen molar-refractivity contribution >= 4 is 23.9 Å². The standard InChI is InChI=1S/C46H84O10/c1-5-9-13-17-21-25-29-33-39(47)52-37-38-43(54-40(48)34-30-26-22-18-14-10-6-2)44(55-41(49)35-31-27-23-19-15-11-7-3)45(46(51)53-38)56-42(50)36-32-28-24-20-16-12-8-4/h38,43-46,51H,5-37H2,1-4H3/t38-,43-,44+,45-,46+/m1/s1. The molecule has 0 aromatic rings. The van der Waals surface area contributed by atoms with E-state index in [1.54, 1.807) is 0 Å². The van der Waals surface area contributed by atoms with Gasteiger partial charge in [0.05, 0.1) is 0 Å². The molecule has 0 saturated carbocycles. The fourth-order valence-corrected chi connectivity index (χ4v) is 7.22. The topological polar surface area (TPSA) is 135 Å². The van der Waals surface area contributed by atoms with Gasteiger partial charge in [0.15, 0.2) is 24.6 Å². The Labute approximate surface area is 341 Å². The summed E-state index contributed by atoms with van der Waals surface area (Å²) >= 11 is 0. The van der Waals surface area contributed by atoms with Crippen molar-refractivity contribution in [3.8, 4) is 0 Å². The highest BCUT2D eigenvalue weighted by Gasteiger charge is 2.52. The number of aliphatic hydroxyl groups is 1. The third-order valence-electron chi connectivity index (χ3n) is 10.8. The minimum atomic E-state index is -1.69. The fourth-order valence-electron chi connectivity index (χ4n) is 7.22. The maximum atomic E-state index is 13.3. The van der Waals surface area contributed by atoms with Crippen molar-refractivity contribution < 1.29 is 48.0 Å². The quantitative estimate of drug-likeness (QED) is 0.0368. The number of carbonyl (C=O) groups is 4. The Bertz CT molecular complexity index is 987. The molecule has 328 valence electrons. The van der Waals surface area contributed by atoms with Gasteiger partial charge in [0.2, 0.25) is 0 Å². The second-order valence-electron chi connectivity index (χ2n) is 16.1. The number of unbranched alkanes of at least 4 members (excludes halogenated alkanes) is 24. The van der Waals surface area contributed by atoms with Crippen LogP contribution in [0.3, 0.4) is 0 Å². The van der Waals surface area contributed by atoms with Crippen LogP contribution in [0.4, 0.5) is 0 Å². The zero-order chi connectivity index (χ0) is 41.1. The van der Waals surface area contributed by atoms with E-state index in [-0.39, 0.29) is 32.3 Å². The van der Waals surface area contributed by atoms with Crippen molar-refractivity contribution in [2.24, 2.45) is 0 Å². The Morgan fingerprint density at radius 2 is 0.679 bits per heavy atom. The largest absolute Gasteiger partial charge is 0.463 e. The Morgan fingerprint density at radius 3 is 1.04 bits per heavy atom. The van der Waals surface area contributed by atoms with E-state index >= 15 is 0 Å². The van der Waals surface area contributed by atoms with Crippen LogP contribution in [0.25, 0.3) is 0 Å². The molecular weight excluding hydrogens is 712 g/mol. The molecule has 0 spiro atoms. The number of rotatable bonds is 37. The van der Waals surface area contributed by atoms with Crippen LogP contribution in [-0.4, -0.2) is 66.3 Å². The summed E-state index contributed by atoms with van der Waals surface area (Å²) in [7, 11) is 0. The first-order valence-corrected chi connectivity index (χ1v) is 23.3. The van der Waals surface area contributed by atoms with Gasteiger partial charge in [-0.15, -0.1) is 0 Å². The van der Waals surface area contributed by atoms with Crippen molar-refractivity contribution in [1.29, 1.82) is 0 Å². The number of hydrogen-bond donors (Lipinski definition) is 1. The molecule has 0 aromatic carbocycles. The molecule has 1 aliphatic rings. The Kier molecular flexibility index (Phi) is 33.2. The molecule has 5 atom stereocenters. The van der Waals surface area contributed by atoms with E-state index in [9.17, 15) is 24.3 Å². The lowest BCUT2D eigenvalue weighted by Crippen LogP contribution is -2.62. The maximum Gasteiger partial charge on any atom is 0.306 e. The van der Waals surface area contributed by atoms with E-state index in [4.69, 9.17) is 23.7 Å². The minimum absolute atomic E-state index is 0.136. The summed E-state index contributed by atoms with van der Waals surface area (Å²) in [6.45, 7) is 8.40. The van der Waals surface area contributed by atoms with Crippen molar-refractivity contribution in [3.05, 3.63) is 0 Å². The average Bonchev–Trinajstić information content (AvgIpc) is 3.18. The molecule has 0 aromatic heterocycles. The predicted octanol–water partition coefficient (Wildman–Crippen LogP) is 11.5. The molecule has 10 nitrogen and oxygen atoms in total. The molecule has 0 unspecified atom stereocenters. The normalized spacial score (nSPS) is 19.4. The van der Waals surface area contributed by atoms with E-state index in [1.165, 1.54) is 70.6 Å². The Hall–Kier alpha value is -2.20. The van der Waals surface area contributed by atoms with Crippen molar-refractivity contribution in [2.45, 2.75) is 264 Å². The molecule has 0 radical (unpaired) electrons. The van der Waals surface area contributed by atoms with Crippen LogP contribution in [0.2, 0.25) is 0 Å². The summed E-state index contributed by atoms with van der Waals surface area (Å²) < 4.78 is 29.3. The molecule has 1 heterocycles. The van der Waals surface area contributed by atoms with Gasteiger partial charge < -0.3 is 28.8 Å². The molecule has 0 aliphatic carbocycles. The first kappa shape index (κ1) is 51.8. The lowest BCUT2D eigenvalue weighted by atomic mass is 9.97. The first-order valence-electron chi connectivity index (χ1n) is 23.3. The van der Waals surface area contributed by atoms with Gasteiger partial charge in [0.1, 0.15) is 12.7 Å². The highest BCUT2D eigenvalue weighted by atomic mass is 16.7. The average molecular weight is 797 g/mol. The number of aliphatic hydroxyl groups excluding tert-OH is 1. The number of esters is 4.